The van der Waals surface area contributed by atoms with Crippen LogP contribution >= 0.6 is 0 Å². The van der Waals surface area contributed by atoms with E-state index >= 15 is 0 Å². The smallest absolute Gasteiger partial charge is 0.338 e. The van der Waals surface area contributed by atoms with Crippen LogP contribution in [0.4, 0.5) is 8.78 Å². The molecule has 0 aromatic heterocycles. The molecule has 114 valence electrons. The molecule has 0 N–H and O–H groups in total. The summed E-state index contributed by atoms with van der Waals surface area (Å²) in [4.78, 5) is 22.4. The predicted octanol–water partition coefficient (Wildman–Crippen LogP) is 2.16. The molecule has 1 unspecified atom stereocenters. The van der Waals surface area contributed by atoms with Crippen molar-refractivity contribution >= 4 is 11.9 Å². The van der Waals surface area contributed by atoms with Gasteiger partial charge in [0.15, 0.2) is 6.10 Å². The van der Waals surface area contributed by atoms with Gasteiger partial charge in [-0.3, -0.25) is 4.79 Å². The molecule has 1 saturated heterocycles. The Hall–Kier alpha value is -2.02. The van der Waals surface area contributed by atoms with Crippen LogP contribution in [0.2, 0.25) is 0 Å². The van der Waals surface area contributed by atoms with Gasteiger partial charge in [0.25, 0.3) is 5.92 Å². The van der Waals surface area contributed by atoms with Crippen LogP contribution in [-0.2, 0) is 19.0 Å². The molecule has 2 atom stereocenters. The molecule has 0 radical (unpaired) electrons. The Morgan fingerprint density at radius 2 is 2.00 bits per heavy atom. The second-order valence-corrected chi connectivity index (χ2v) is 4.59. The van der Waals surface area contributed by atoms with E-state index in [1.807, 2.05) is 0 Å². The van der Waals surface area contributed by atoms with Crippen molar-refractivity contribution in [1.29, 1.82) is 0 Å². The monoisotopic (exact) mass is 300 g/mol. The third kappa shape index (κ3) is 3.98. The maximum absolute atomic E-state index is 13.7. The lowest BCUT2D eigenvalue weighted by atomic mass is 10.2. The average molecular weight is 300 g/mol. The Balaban J connectivity index is 1.90. The molecule has 1 aromatic rings. The Kier molecular flexibility index (Phi) is 4.52. The number of halogens is 2. The van der Waals surface area contributed by atoms with Crippen LogP contribution in [0.1, 0.15) is 23.7 Å². The van der Waals surface area contributed by atoms with Crippen LogP contribution in [0.3, 0.4) is 0 Å². The first-order valence-electron chi connectivity index (χ1n) is 6.31. The van der Waals surface area contributed by atoms with E-state index in [2.05, 4.69) is 4.74 Å². The van der Waals surface area contributed by atoms with E-state index in [9.17, 15) is 18.4 Å². The van der Waals surface area contributed by atoms with Gasteiger partial charge in [-0.15, -0.1) is 0 Å². The topological polar surface area (TPSA) is 61.8 Å². The van der Waals surface area contributed by atoms with Crippen LogP contribution < -0.4 is 0 Å². The van der Waals surface area contributed by atoms with E-state index in [0.29, 0.717) is 0 Å². The Morgan fingerprint density at radius 3 is 2.62 bits per heavy atom. The van der Waals surface area contributed by atoms with E-state index in [1.165, 1.54) is 12.1 Å². The molecule has 2 rings (SSSR count). The summed E-state index contributed by atoms with van der Waals surface area (Å²) in [7, 11) is 0. The molecular formula is C14H14F2O5. The summed E-state index contributed by atoms with van der Waals surface area (Å²) >= 11 is 0. The zero-order valence-corrected chi connectivity index (χ0v) is 11.3. The minimum Gasteiger partial charge on any atom is -0.459 e. The third-order valence-electron chi connectivity index (χ3n) is 2.90. The highest BCUT2D eigenvalue weighted by atomic mass is 19.3. The maximum Gasteiger partial charge on any atom is 0.338 e. The lowest BCUT2D eigenvalue weighted by molar-refractivity contribution is -0.177. The highest BCUT2D eigenvalue weighted by Gasteiger charge is 2.52. The first-order valence-corrected chi connectivity index (χ1v) is 6.31. The standard InChI is InChI=1S/C14H14F2O5/c1-9(17)20-12-7-14(15,16)11(21-12)8-19-13(18)10-5-3-2-4-6-10/h2-6,11-12H,7-8H2,1H3/t11-,12?/m1/s1. The van der Waals surface area contributed by atoms with Gasteiger partial charge in [-0.25, -0.2) is 13.6 Å². The van der Waals surface area contributed by atoms with Crippen molar-refractivity contribution in [2.45, 2.75) is 31.7 Å². The van der Waals surface area contributed by atoms with Gasteiger partial charge in [-0.05, 0) is 12.1 Å². The molecule has 7 heteroatoms. The molecule has 1 aliphatic rings. The predicted molar refractivity (Wildman–Crippen MR) is 66.7 cm³/mol. The van der Waals surface area contributed by atoms with Gasteiger partial charge in [0.2, 0.25) is 6.29 Å². The molecule has 1 aromatic carbocycles. The number of alkyl halides is 2. The maximum atomic E-state index is 13.7. The van der Waals surface area contributed by atoms with Crippen LogP contribution in [0.25, 0.3) is 0 Å². The van der Waals surface area contributed by atoms with Gasteiger partial charge < -0.3 is 14.2 Å². The fourth-order valence-corrected chi connectivity index (χ4v) is 1.91. The largest absolute Gasteiger partial charge is 0.459 e. The number of rotatable bonds is 4. The molecule has 0 aliphatic carbocycles. The summed E-state index contributed by atoms with van der Waals surface area (Å²) < 4.78 is 41.6. The minimum absolute atomic E-state index is 0.260. The number of hydrogen-bond acceptors (Lipinski definition) is 5. The summed E-state index contributed by atoms with van der Waals surface area (Å²) in [5, 5.41) is 0. The quantitative estimate of drug-likeness (QED) is 0.797. The van der Waals surface area contributed by atoms with Crippen molar-refractivity contribution in [1.82, 2.24) is 0 Å². The molecule has 0 amide bonds. The fourth-order valence-electron chi connectivity index (χ4n) is 1.91. The fraction of sp³-hybridized carbons (Fsp3) is 0.429. The zero-order valence-electron chi connectivity index (χ0n) is 11.3. The molecule has 0 saturated carbocycles. The summed E-state index contributed by atoms with van der Waals surface area (Å²) in [5.74, 6) is -4.65. The summed E-state index contributed by atoms with van der Waals surface area (Å²) in [5.41, 5.74) is 0.260. The number of benzene rings is 1. The van der Waals surface area contributed by atoms with Gasteiger partial charge in [-0.1, -0.05) is 18.2 Å². The summed E-state index contributed by atoms with van der Waals surface area (Å²) in [6.45, 7) is 0.489. The van der Waals surface area contributed by atoms with Crippen molar-refractivity contribution in [2.75, 3.05) is 6.61 Å². The summed E-state index contributed by atoms with van der Waals surface area (Å²) in [6, 6.07) is 8.01. The number of carbonyl (C=O) groups excluding carboxylic acids is 2. The Labute approximate surface area is 119 Å². The number of ether oxygens (including phenoxy) is 3. The van der Waals surface area contributed by atoms with E-state index in [0.717, 1.165) is 6.92 Å². The van der Waals surface area contributed by atoms with Crippen LogP contribution in [0, 0.1) is 0 Å². The second kappa shape index (κ2) is 6.17. The van der Waals surface area contributed by atoms with Gasteiger partial charge in [0.1, 0.15) is 6.61 Å². The first-order chi connectivity index (χ1) is 9.88. The minimum atomic E-state index is -3.23. The van der Waals surface area contributed by atoms with Crippen LogP contribution in [0.15, 0.2) is 30.3 Å². The summed E-state index contributed by atoms with van der Waals surface area (Å²) in [6.07, 6.45) is -3.70. The van der Waals surface area contributed by atoms with Crippen molar-refractivity contribution < 1.29 is 32.6 Å². The van der Waals surface area contributed by atoms with Gasteiger partial charge in [-0.2, -0.15) is 0 Å². The molecular weight excluding hydrogens is 286 g/mol. The molecule has 0 bridgehead atoms. The van der Waals surface area contributed by atoms with E-state index in [-0.39, 0.29) is 5.56 Å². The first kappa shape index (κ1) is 15.4. The SMILES string of the molecule is CC(=O)OC1CC(F)(F)[C@@H](COC(=O)c2ccccc2)O1. The third-order valence-corrected chi connectivity index (χ3v) is 2.90. The van der Waals surface area contributed by atoms with Crippen molar-refractivity contribution in [3.63, 3.8) is 0 Å². The second-order valence-electron chi connectivity index (χ2n) is 4.59. The van der Waals surface area contributed by atoms with E-state index in [4.69, 9.17) is 9.47 Å². The highest BCUT2D eigenvalue weighted by Crippen LogP contribution is 2.36. The normalized spacial score (nSPS) is 23.6. The van der Waals surface area contributed by atoms with Gasteiger partial charge in [0.05, 0.1) is 12.0 Å². The Morgan fingerprint density at radius 1 is 1.33 bits per heavy atom. The number of carbonyl (C=O) groups is 2. The molecule has 5 nitrogen and oxygen atoms in total. The number of esters is 2. The van der Waals surface area contributed by atoms with Crippen LogP contribution in [0.5, 0.6) is 0 Å². The molecule has 0 spiro atoms. The Bertz CT molecular complexity index is 517. The average Bonchev–Trinajstić information content (AvgIpc) is 2.70. The lowest BCUT2D eigenvalue weighted by Gasteiger charge is -2.17. The lowest BCUT2D eigenvalue weighted by Crippen LogP contribution is -2.33. The van der Waals surface area contributed by atoms with Crippen LogP contribution in [-0.4, -0.2) is 36.9 Å². The van der Waals surface area contributed by atoms with Crippen molar-refractivity contribution in [2.24, 2.45) is 0 Å². The highest BCUT2D eigenvalue weighted by molar-refractivity contribution is 5.89. The van der Waals surface area contributed by atoms with Crippen molar-refractivity contribution in [3.05, 3.63) is 35.9 Å². The van der Waals surface area contributed by atoms with Gasteiger partial charge >= 0.3 is 11.9 Å². The van der Waals surface area contributed by atoms with E-state index in [1.54, 1.807) is 18.2 Å². The zero-order chi connectivity index (χ0) is 15.5. The molecule has 1 heterocycles. The molecule has 1 aliphatic heterocycles. The van der Waals surface area contributed by atoms with Crippen molar-refractivity contribution in [3.8, 4) is 0 Å². The number of hydrogen-bond donors (Lipinski definition) is 0. The van der Waals surface area contributed by atoms with Gasteiger partial charge in [0, 0.05) is 6.92 Å². The molecule has 21 heavy (non-hydrogen) atoms. The van der Waals surface area contributed by atoms with E-state index < -0.39 is 43.3 Å². The molecule has 1 fully saturated rings.